The maximum absolute atomic E-state index is 11.0. The van der Waals surface area contributed by atoms with Crippen molar-refractivity contribution in [2.75, 3.05) is 18.1 Å². The summed E-state index contributed by atoms with van der Waals surface area (Å²) < 4.78 is 5.96. The van der Waals surface area contributed by atoms with Crippen molar-refractivity contribution in [3.8, 4) is 0 Å². The van der Waals surface area contributed by atoms with E-state index in [1.54, 1.807) is 0 Å². The average molecular weight is 244 g/mol. The number of carboxylic acid groups (broad SMARTS) is 1. The summed E-state index contributed by atoms with van der Waals surface area (Å²) in [6, 6.07) is 0. The average Bonchev–Trinajstić information content (AvgIpc) is 2.29. The Balaban J connectivity index is 2.00. The van der Waals surface area contributed by atoms with Crippen LogP contribution in [0.15, 0.2) is 0 Å². The van der Waals surface area contributed by atoms with Gasteiger partial charge in [0.2, 0.25) is 0 Å². The van der Waals surface area contributed by atoms with Crippen LogP contribution in [0.25, 0.3) is 0 Å². The van der Waals surface area contributed by atoms with Crippen molar-refractivity contribution in [1.82, 2.24) is 0 Å². The van der Waals surface area contributed by atoms with Crippen LogP contribution in [0.2, 0.25) is 0 Å². The molecule has 3 nitrogen and oxygen atoms in total. The first-order valence-electron chi connectivity index (χ1n) is 6.07. The summed E-state index contributed by atoms with van der Waals surface area (Å²) in [6.07, 6.45) is 4.05. The smallest absolute Gasteiger partial charge is 0.306 e. The van der Waals surface area contributed by atoms with Crippen LogP contribution < -0.4 is 0 Å². The Hall–Kier alpha value is -0.220. The summed E-state index contributed by atoms with van der Waals surface area (Å²) in [5.74, 6) is 1.74. The number of aliphatic carboxylic acids is 1. The Morgan fingerprint density at radius 2 is 2.19 bits per heavy atom. The van der Waals surface area contributed by atoms with Crippen molar-refractivity contribution < 1.29 is 14.6 Å². The molecule has 1 spiro atoms. The van der Waals surface area contributed by atoms with Crippen molar-refractivity contribution in [1.29, 1.82) is 0 Å². The lowest BCUT2D eigenvalue weighted by molar-refractivity contribution is -0.149. The molecule has 0 aliphatic carbocycles. The molecule has 2 rings (SSSR count). The second-order valence-electron chi connectivity index (χ2n) is 5.02. The normalized spacial score (nSPS) is 31.2. The number of carbonyl (C=O) groups is 1. The van der Waals surface area contributed by atoms with Crippen LogP contribution >= 0.6 is 11.8 Å². The van der Waals surface area contributed by atoms with Crippen molar-refractivity contribution >= 4 is 17.7 Å². The van der Waals surface area contributed by atoms with Crippen LogP contribution in [0.1, 0.15) is 32.6 Å². The Kier molecular flexibility index (Phi) is 3.80. The topological polar surface area (TPSA) is 46.5 Å². The van der Waals surface area contributed by atoms with E-state index in [4.69, 9.17) is 9.84 Å². The SMILES string of the molecule is CC(C(=O)O)C1CCOC2(CCSCC2)C1. The summed E-state index contributed by atoms with van der Waals surface area (Å²) in [4.78, 5) is 11.0. The van der Waals surface area contributed by atoms with Gasteiger partial charge in [0.15, 0.2) is 0 Å². The van der Waals surface area contributed by atoms with E-state index in [-0.39, 0.29) is 11.5 Å². The largest absolute Gasteiger partial charge is 0.481 e. The fourth-order valence-corrected chi connectivity index (χ4v) is 4.02. The molecule has 1 N–H and O–H groups in total. The lowest BCUT2D eigenvalue weighted by Crippen LogP contribution is -2.44. The zero-order valence-electron chi connectivity index (χ0n) is 9.78. The van der Waals surface area contributed by atoms with E-state index in [0.29, 0.717) is 5.92 Å². The quantitative estimate of drug-likeness (QED) is 0.810. The summed E-state index contributed by atoms with van der Waals surface area (Å²) in [5.41, 5.74) is 0.0118. The molecule has 4 heteroatoms. The van der Waals surface area contributed by atoms with Crippen LogP contribution in [-0.4, -0.2) is 34.8 Å². The highest BCUT2D eigenvalue weighted by Crippen LogP contribution is 2.41. The molecule has 16 heavy (non-hydrogen) atoms. The van der Waals surface area contributed by atoms with Gasteiger partial charge in [0.25, 0.3) is 0 Å². The maximum Gasteiger partial charge on any atom is 0.306 e. The molecule has 0 radical (unpaired) electrons. The Morgan fingerprint density at radius 1 is 1.50 bits per heavy atom. The van der Waals surface area contributed by atoms with Gasteiger partial charge in [-0.15, -0.1) is 0 Å². The van der Waals surface area contributed by atoms with Crippen molar-refractivity contribution in [2.45, 2.75) is 38.2 Å². The van der Waals surface area contributed by atoms with Gasteiger partial charge >= 0.3 is 5.97 Å². The molecule has 2 aliphatic heterocycles. The summed E-state index contributed by atoms with van der Waals surface area (Å²) in [5, 5.41) is 9.08. The van der Waals surface area contributed by atoms with Gasteiger partial charge in [0.05, 0.1) is 11.5 Å². The minimum atomic E-state index is -0.660. The first-order chi connectivity index (χ1) is 7.63. The molecule has 0 aromatic rings. The molecule has 2 saturated heterocycles. The summed E-state index contributed by atoms with van der Waals surface area (Å²) in [6.45, 7) is 2.58. The summed E-state index contributed by atoms with van der Waals surface area (Å²) in [7, 11) is 0. The second-order valence-corrected chi connectivity index (χ2v) is 6.25. The molecular weight excluding hydrogens is 224 g/mol. The molecule has 0 amide bonds. The highest BCUT2D eigenvalue weighted by molar-refractivity contribution is 7.99. The van der Waals surface area contributed by atoms with E-state index in [1.807, 2.05) is 18.7 Å². The van der Waals surface area contributed by atoms with Gasteiger partial charge in [-0.05, 0) is 43.1 Å². The lowest BCUT2D eigenvalue weighted by atomic mass is 9.76. The molecule has 2 unspecified atom stereocenters. The molecule has 2 aliphatic rings. The van der Waals surface area contributed by atoms with Gasteiger partial charge in [-0.2, -0.15) is 11.8 Å². The molecule has 0 bridgehead atoms. The number of thioether (sulfide) groups is 1. The predicted octanol–water partition coefficient (Wildman–Crippen LogP) is 2.40. The Labute approximate surface area is 101 Å². The molecule has 2 atom stereocenters. The van der Waals surface area contributed by atoms with Crippen molar-refractivity contribution in [3.63, 3.8) is 0 Å². The van der Waals surface area contributed by atoms with E-state index in [0.717, 1.165) is 43.8 Å². The predicted molar refractivity (Wildman–Crippen MR) is 64.8 cm³/mol. The second kappa shape index (κ2) is 4.96. The fraction of sp³-hybridized carbons (Fsp3) is 0.917. The summed E-state index contributed by atoms with van der Waals surface area (Å²) >= 11 is 1.98. The number of rotatable bonds is 2. The van der Waals surface area contributed by atoms with Crippen LogP contribution in [0.4, 0.5) is 0 Å². The fourth-order valence-electron chi connectivity index (χ4n) is 2.79. The Bertz CT molecular complexity index is 255. The molecule has 0 saturated carbocycles. The van der Waals surface area contributed by atoms with Gasteiger partial charge < -0.3 is 9.84 Å². The van der Waals surface area contributed by atoms with Gasteiger partial charge in [-0.3, -0.25) is 4.79 Å². The van der Waals surface area contributed by atoms with E-state index < -0.39 is 5.97 Å². The minimum absolute atomic E-state index is 0.0118. The third-order valence-electron chi connectivity index (χ3n) is 4.03. The van der Waals surface area contributed by atoms with E-state index in [2.05, 4.69) is 0 Å². The molecule has 92 valence electrons. The van der Waals surface area contributed by atoms with Gasteiger partial charge in [-0.1, -0.05) is 6.92 Å². The van der Waals surface area contributed by atoms with Crippen LogP contribution in [0, 0.1) is 11.8 Å². The zero-order valence-corrected chi connectivity index (χ0v) is 10.6. The highest BCUT2D eigenvalue weighted by Gasteiger charge is 2.41. The minimum Gasteiger partial charge on any atom is -0.481 e. The van der Waals surface area contributed by atoms with E-state index in [9.17, 15) is 4.79 Å². The number of carboxylic acids is 1. The lowest BCUT2D eigenvalue weighted by Gasteiger charge is -2.44. The van der Waals surface area contributed by atoms with Crippen molar-refractivity contribution in [2.24, 2.45) is 11.8 Å². The molecular formula is C12H20O3S. The standard InChI is InChI=1S/C12H20O3S/c1-9(11(13)14)10-2-5-15-12(8-10)3-6-16-7-4-12/h9-10H,2-8H2,1H3,(H,13,14). The molecule has 0 aromatic carbocycles. The zero-order chi connectivity index (χ0) is 11.6. The van der Waals surface area contributed by atoms with Crippen LogP contribution in [0.3, 0.4) is 0 Å². The van der Waals surface area contributed by atoms with Gasteiger partial charge in [0.1, 0.15) is 0 Å². The number of ether oxygens (including phenoxy) is 1. The third kappa shape index (κ3) is 2.54. The Morgan fingerprint density at radius 3 is 2.81 bits per heavy atom. The van der Waals surface area contributed by atoms with E-state index in [1.165, 1.54) is 0 Å². The van der Waals surface area contributed by atoms with Gasteiger partial charge in [0, 0.05) is 6.61 Å². The monoisotopic (exact) mass is 244 g/mol. The van der Waals surface area contributed by atoms with Crippen LogP contribution in [-0.2, 0) is 9.53 Å². The maximum atomic E-state index is 11.0. The van der Waals surface area contributed by atoms with Crippen LogP contribution in [0.5, 0.6) is 0 Å². The number of hydrogen-bond acceptors (Lipinski definition) is 3. The first kappa shape index (κ1) is 12.2. The molecule has 2 fully saturated rings. The van der Waals surface area contributed by atoms with Gasteiger partial charge in [-0.25, -0.2) is 0 Å². The number of hydrogen-bond donors (Lipinski definition) is 1. The van der Waals surface area contributed by atoms with E-state index >= 15 is 0 Å². The molecule has 0 aromatic heterocycles. The molecule has 2 heterocycles. The first-order valence-corrected chi connectivity index (χ1v) is 7.23. The highest BCUT2D eigenvalue weighted by atomic mass is 32.2. The third-order valence-corrected chi connectivity index (χ3v) is 5.02. The van der Waals surface area contributed by atoms with Crippen molar-refractivity contribution in [3.05, 3.63) is 0 Å².